The van der Waals surface area contributed by atoms with Gasteiger partial charge in [0.15, 0.2) is 0 Å². The topological polar surface area (TPSA) is 113 Å². The molecule has 1 atom stereocenters. The molecule has 0 saturated carbocycles. The van der Waals surface area contributed by atoms with Gasteiger partial charge in [-0.3, -0.25) is 4.79 Å². The maximum absolute atomic E-state index is 12.9. The van der Waals surface area contributed by atoms with Gasteiger partial charge in [-0.1, -0.05) is 18.7 Å². The van der Waals surface area contributed by atoms with E-state index in [1.807, 2.05) is 0 Å². The minimum Gasteiger partial charge on any atom is -0.348 e. The summed E-state index contributed by atoms with van der Waals surface area (Å²) in [5, 5.41) is 3.30. The quantitative estimate of drug-likeness (QED) is 0.517. The molecular formula is C22H24F3N3O5S2. The third kappa shape index (κ3) is 6.90. The van der Waals surface area contributed by atoms with E-state index in [4.69, 9.17) is 0 Å². The van der Waals surface area contributed by atoms with E-state index in [0.29, 0.717) is 6.42 Å². The van der Waals surface area contributed by atoms with Crippen LogP contribution in [0.3, 0.4) is 0 Å². The molecule has 2 aromatic rings. The molecule has 13 heteroatoms. The molecule has 190 valence electrons. The maximum atomic E-state index is 12.9. The van der Waals surface area contributed by atoms with Crippen molar-refractivity contribution in [2.75, 3.05) is 19.6 Å². The maximum Gasteiger partial charge on any atom is 0.416 e. The summed E-state index contributed by atoms with van der Waals surface area (Å²) < 4.78 is 90.9. The second-order valence-corrected chi connectivity index (χ2v) is 11.6. The molecule has 3 rings (SSSR count). The Morgan fingerprint density at radius 1 is 1.11 bits per heavy atom. The molecule has 1 aliphatic rings. The van der Waals surface area contributed by atoms with E-state index in [1.165, 1.54) is 40.7 Å². The number of sulfonamides is 2. The van der Waals surface area contributed by atoms with E-state index < -0.39 is 37.7 Å². The number of benzene rings is 2. The first kappa shape index (κ1) is 26.9. The van der Waals surface area contributed by atoms with Crippen molar-refractivity contribution < 1.29 is 34.8 Å². The van der Waals surface area contributed by atoms with Crippen LogP contribution < -0.4 is 10.0 Å². The number of rotatable bonds is 9. The zero-order valence-corrected chi connectivity index (χ0v) is 20.1. The van der Waals surface area contributed by atoms with Crippen molar-refractivity contribution in [3.63, 3.8) is 0 Å². The summed E-state index contributed by atoms with van der Waals surface area (Å²) in [6.07, 6.45) is -4.01. The molecule has 8 nitrogen and oxygen atoms in total. The van der Waals surface area contributed by atoms with Crippen molar-refractivity contribution >= 4 is 26.0 Å². The fourth-order valence-corrected chi connectivity index (χ4v) is 5.66. The zero-order valence-electron chi connectivity index (χ0n) is 18.5. The van der Waals surface area contributed by atoms with E-state index in [9.17, 15) is 34.8 Å². The van der Waals surface area contributed by atoms with Gasteiger partial charge < -0.3 is 5.32 Å². The predicted octanol–water partition coefficient (Wildman–Crippen LogP) is 2.71. The lowest BCUT2D eigenvalue weighted by Crippen LogP contribution is -2.32. The van der Waals surface area contributed by atoms with E-state index in [0.717, 1.165) is 17.5 Å². The van der Waals surface area contributed by atoms with Crippen LogP contribution in [0.1, 0.15) is 27.9 Å². The number of carbonyl (C=O) groups excluding carboxylic acids is 1. The van der Waals surface area contributed by atoms with Crippen LogP contribution in [0.5, 0.6) is 0 Å². The Balaban J connectivity index is 1.60. The highest BCUT2D eigenvalue weighted by Crippen LogP contribution is 2.29. The molecule has 0 unspecified atom stereocenters. The molecule has 1 saturated heterocycles. The molecule has 0 bridgehead atoms. The Labute approximate surface area is 201 Å². The van der Waals surface area contributed by atoms with Crippen molar-refractivity contribution in [3.05, 3.63) is 77.2 Å². The number of amides is 1. The predicted molar refractivity (Wildman–Crippen MR) is 123 cm³/mol. The molecule has 2 aromatic carbocycles. The Hall–Kier alpha value is -2.74. The van der Waals surface area contributed by atoms with Gasteiger partial charge >= 0.3 is 6.18 Å². The molecule has 0 aliphatic carbocycles. The van der Waals surface area contributed by atoms with Gasteiger partial charge in [-0.2, -0.15) is 17.5 Å². The summed E-state index contributed by atoms with van der Waals surface area (Å²) in [7, 11) is -7.45. The number of alkyl halides is 3. The smallest absolute Gasteiger partial charge is 0.348 e. The van der Waals surface area contributed by atoms with Gasteiger partial charge in [0, 0.05) is 37.2 Å². The number of halogens is 3. The van der Waals surface area contributed by atoms with Crippen molar-refractivity contribution in [1.82, 2.24) is 14.3 Å². The van der Waals surface area contributed by atoms with E-state index in [2.05, 4.69) is 16.6 Å². The summed E-state index contributed by atoms with van der Waals surface area (Å²) in [6.45, 7) is 3.53. The molecular weight excluding hydrogens is 507 g/mol. The monoisotopic (exact) mass is 531 g/mol. The molecule has 0 spiro atoms. The Morgan fingerprint density at radius 3 is 2.43 bits per heavy atom. The van der Waals surface area contributed by atoms with Gasteiger partial charge in [-0.25, -0.2) is 21.6 Å². The van der Waals surface area contributed by atoms with Crippen LogP contribution in [0.15, 0.2) is 65.4 Å². The van der Waals surface area contributed by atoms with Crippen LogP contribution in [0, 0.1) is 5.92 Å². The lowest BCUT2D eigenvalue weighted by molar-refractivity contribution is -0.137. The second kappa shape index (κ2) is 10.5. The summed E-state index contributed by atoms with van der Waals surface area (Å²) in [5.74, 6) is -0.762. The standard InChI is InChI=1S/C22H24F3N3O5S2/c1-2-34(30,31)27-14-17-10-11-28(15-17)35(32,33)20-8-6-18(7-9-20)21(29)26-13-16-4-3-5-19(12-16)22(23,24)25/h2-9,12,17,27H,1,10-11,13-15H2,(H,26,29)/t17-/m1/s1. The first-order valence-corrected chi connectivity index (χ1v) is 13.5. The van der Waals surface area contributed by atoms with Crippen LogP contribution in [-0.4, -0.2) is 46.7 Å². The van der Waals surface area contributed by atoms with Gasteiger partial charge in [0.2, 0.25) is 20.0 Å². The highest BCUT2D eigenvalue weighted by molar-refractivity contribution is 7.92. The molecule has 1 fully saturated rings. The average Bonchev–Trinajstić information content (AvgIpc) is 3.31. The average molecular weight is 532 g/mol. The fourth-order valence-electron chi connectivity index (χ4n) is 3.54. The van der Waals surface area contributed by atoms with E-state index >= 15 is 0 Å². The zero-order chi connectivity index (χ0) is 25.9. The third-order valence-electron chi connectivity index (χ3n) is 5.50. The minimum absolute atomic E-state index is 0.0285. The van der Waals surface area contributed by atoms with Crippen LogP contribution >= 0.6 is 0 Å². The fraction of sp³-hybridized carbons (Fsp3) is 0.318. The van der Waals surface area contributed by atoms with Crippen molar-refractivity contribution in [2.45, 2.75) is 24.0 Å². The Kier molecular flexibility index (Phi) is 8.04. The molecule has 1 heterocycles. The van der Waals surface area contributed by atoms with E-state index in [-0.39, 0.29) is 48.1 Å². The van der Waals surface area contributed by atoms with Crippen LogP contribution in [-0.2, 0) is 32.8 Å². The molecule has 2 N–H and O–H groups in total. The SMILES string of the molecule is C=CS(=O)(=O)NC[C@H]1CCN(S(=O)(=O)c2ccc(C(=O)NCc3cccc(C(F)(F)F)c3)cc2)C1. The van der Waals surface area contributed by atoms with Gasteiger partial charge in [0.1, 0.15) is 0 Å². The Bertz CT molecular complexity index is 1290. The lowest BCUT2D eigenvalue weighted by Gasteiger charge is -2.17. The number of hydrogen-bond donors (Lipinski definition) is 2. The molecule has 35 heavy (non-hydrogen) atoms. The lowest BCUT2D eigenvalue weighted by atomic mass is 10.1. The van der Waals surface area contributed by atoms with Crippen molar-refractivity contribution in [2.24, 2.45) is 5.92 Å². The van der Waals surface area contributed by atoms with Crippen molar-refractivity contribution in [1.29, 1.82) is 0 Å². The normalized spacial score (nSPS) is 17.3. The summed E-state index contributed by atoms with van der Waals surface area (Å²) in [4.78, 5) is 12.4. The summed E-state index contributed by atoms with van der Waals surface area (Å²) in [6, 6.07) is 9.79. The van der Waals surface area contributed by atoms with Crippen molar-refractivity contribution in [3.8, 4) is 0 Å². The first-order chi connectivity index (χ1) is 16.3. The minimum atomic E-state index is -4.49. The number of hydrogen-bond acceptors (Lipinski definition) is 5. The molecule has 1 amide bonds. The van der Waals surface area contributed by atoms with Crippen LogP contribution in [0.4, 0.5) is 13.2 Å². The van der Waals surface area contributed by atoms with Gasteiger partial charge in [-0.05, 0) is 54.3 Å². The number of nitrogens with zero attached hydrogens (tertiary/aromatic N) is 1. The van der Waals surface area contributed by atoms with E-state index in [1.54, 1.807) is 0 Å². The third-order valence-corrected chi connectivity index (χ3v) is 8.39. The molecule has 0 aromatic heterocycles. The number of carbonyl (C=O) groups is 1. The highest BCUT2D eigenvalue weighted by atomic mass is 32.2. The second-order valence-electron chi connectivity index (χ2n) is 7.98. The van der Waals surface area contributed by atoms with Crippen LogP contribution in [0.2, 0.25) is 0 Å². The Morgan fingerprint density at radius 2 is 1.80 bits per heavy atom. The number of nitrogens with one attached hydrogen (secondary N) is 2. The first-order valence-electron chi connectivity index (χ1n) is 10.5. The largest absolute Gasteiger partial charge is 0.416 e. The summed E-state index contributed by atoms with van der Waals surface area (Å²) in [5.41, 5.74) is -0.401. The molecule has 0 radical (unpaired) electrons. The van der Waals surface area contributed by atoms with Crippen LogP contribution in [0.25, 0.3) is 0 Å². The van der Waals surface area contributed by atoms with Gasteiger partial charge in [-0.15, -0.1) is 0 Å². The van der Waals surface area contributed by atoms with Gasteiger partial charge in [0.05, 0.1) is 10.5 Å². The summed E-state index contributed by atoms with van der Waals surface area (Å²) >= 11 is 0. The molecule has 1 aliphatic heterocycles. The van der Waals surface area contributed by atoms with Gasteiger partial charge in [0.25, 0.3) is 5.91 Å². The highest BCUT2D eigenvalue weighted by Gasteiger charge is 2.33.